The third kappa shape index (κ3) is 2.66. The van der Waals surface area contributed by atoms with Crippen molar-refractivity contribution in [3.8, 4) is 11.7 Å². The zero-order valence-electron chi connectivity index (χ0n) is 18.9. The highest BCUT2D eigenvalue weighted by Gasteiger charge is 2.65. The molecule has 2 bridgehead atoms. The number of phenolic OH excluding ortho intramolecular Hbond substituents is 1. The fraction of sp³-hybridized carbons (Fsp3) is 0.500. The van der Waals surface area contributed by atoms with E-state index in [0.29, 0.717) is 18.8 Å². The molecule has 7 heteroatoms. The van der Waals surface area contributed by atoms with Gasteiger partial charge in [0.15, 0.2) is 0 Å². The smallest absolute Gasteiger partial charge is 0.250 e. The van der Waals surface area contributed by atoms with Crippen LogP contribution in [0.5, 0.6) is 5.75 Å². The number of fused-ring (bicyclic) bond motifs is 2. The number of benzene rings is 1. The minimum Gasteiger partial charge on any atom is -0.508 e. The summed E-state index contributed by atoms with van der Waals surface area (Å²) in [4.78, 5) is 11.5. The van der Waals surface area contributed by atoms with Gasteiger partial charge in [0.05, 0.1) is 17.0 Å². The topological polar surface area (TPSA) is 87.3 Å². The summed E-state index contributed by atoms with van der Waals surface area (Å²) in [7, 11) is 0. The van der Waals surface area contributed by atoms with Gasteiger partial charge in [-0.3, -0.25) is 4.90 Å². The first-order chi connectivity index (χ1) is 16.0. The van der Waals surface area contributed by atoms with Gasteiger partial charge < -0.3 is 10.2 Å². The molecule has 3 atom stereocenters. The molecule has 0 spiro atoms. The van der Waals surface area contributed by atoms with Gasteiger partial charge >= 0.3 is 0 Å². The summed E-state index contributed by atoms with van der Waals surface area (Å²) >= 11 is 0. The second-order valence-electron chi connectivity index (χ2n) is 10.6. The molecule has 2 N–H and O–H groups in total. The van der Waals surface area contributed by atoms with Crippen LogP contribution in [0, 0.1) is 12.8 Å². The number of aliphatic hydroxyl groups is 1. The molecule has 1 unspecified atom stereocenters. The molecule has 1 aliphatic heterocycles. The van der Waals surface area contributed by atoms with Gasteiger partial charge in [0, 0.05) is 43.2 Å². The zero-order chi connectivity index (χ0) is 22.4. The first-order valence-corrected chi connectivity index (χ1v) is 12.1. The van der Waals surface area contributed by atoms with Crippen LogP contribution < -0.4 is 0 Å². The molecule has 4 aliphatic rings. The molecule has 3 heterocycles. The Morgan fingerprint density at radius 2 is 1.97 bits per heavy atom. The van der Waals surface area contributed by atoms with Gasteiger partial charge in [0.2, 0.25) is 0 Å². The molecule has 1 saturated heterocycles. The van der Waals surface area contributed by atoms with E-state index in [1.54, 1.807) is 18.5 Å². The molecule has 33 heavy (non-hydrogen) atoms. The Morgan fingerprint density at radius 3 is 2.76 bits per heavy atom. The van der Waals surface area contributed by atoms with Crippen LogP contribution >= 0.6 is 0 Å². The van der Waals surface area contributed by atoms with Crippen LogP contribution in [0.15, 0.2) is 36.7 Å². The molecule has 1 saturated carbocycles. The summed E-state index contributed by atoms with van der Waals surface area (Å²) in [5.41, 5.74) is 4.16. The lowest BCUT2D eigenvalue weighted by Gasteiger charge is -2.63. The molecule has 1 aromatic carbocycles. The fourth-order valence-corrected chi connectivity index (χ4v) is 7.00. The molecular weight excluding hydrogens is 414 g/mol. The van der Waals surface area contributed by atoms with Crippen molar-refractivity contribution < 1.29 is 10.2 Å². The van der Waals surface area contributed by atoms with Crippen molar-refractivity contribution in [2.45, 2.75) is 62.5 Å². The molecule has 3 aliphatic carbocycles. The van der Waals surface area contributed by atoms with E-state index < -0.39 is 11.0 Å². The van der Waals surface area contributed by atoms with Gasteiger partial charge in [-0.05, 0) is 80.0 Å². The number of hydrogen-bond donors (Lipinski definition) is 2. The number of phenols is 1. The van der Waals surface area contributed by atoms with Crippen molar-refractivity contribution in [1.29, 1.82) is 0 Å². The molecule has 2 fully saturated rings. The lowest BCUT2D eigenvalue weighted by Crippen LogP contribution is -2.74. The van der Waals surface area contributed by atoms with Crippen LogP contribution in [-0.2, 0) is 24.7 Å². The highest BCUT2D eigenvalue weighted by molar-refractivity contribution is 5.52. The minimum atomic E-state index is -0.899. The molecular formula is C26H29N5O2. The Labute approximate surface area is 193 Å². The number of aryl methyl sites for hydroxylation is 1. The zero-order valence-corrected chi connectivity index (χ0v) is 18.9. The third-order valence-corrected chi connectivity index (χ3v) is 8.81. The molecule has 3 aromatic rings. The van der Waals surface area contributed by atoms with Crippen LogP contribution in [0.1, 0.15) is 47.3 Å². The maximum Gasteiger partial charge on any atom is 0.250 e. The third-order valence-electron chi connectivity index (χ3n) is 8.81. The van der Waals surface area contributed by atoms with Gasteiger partial charge in [-0.15, -0.1) is 0 Å². The second kappa shape index (κ2) is 6.64. The summed E-state index contributed by atoms with van der Waals surface area (Å²) in [6, 6.07) is 7.65. The predicted molar refractivity (Wildman–Crippen MR) is 122 cm³/mol. The van der Waals surface area contributed by atoms with Gasteiger partial charge in [0.25, 0.3) is 5.95 Å². The lowest BCUT2D eigenvalue weighted by molar-refractivity contribution is -0.152. The average molecular weight is 444 g/mol. The van der Waals surface area contributed by atoms with Gasteiger partial charge in [-0.1, -0.05) is 6.07 Å². The van der Waals surface area contributed by atoms with Crippen LogP contribution in [0.4, 0.5) is 0 Å². The van der Waals surface area contributed by atoms with Gasteiger partial charge in [0.1, 0.15) is 5.75 Å². The highest BCUT2D eigenvalue weighted by Crippen LogP contribution is 2.58. The van der Waals surface area contributed by atoms with Crippen LogP contribution in [-0.4, -0.2) is 59.6 Å². The highest BCUT2D eigenvalue weighted by atomic mass is 16.3. The monoisotopic (exact) mass is 443 g/mol. The van der Waals surface area contributed by atoms with Crippen LogP contribution in [0.25, 0.3) is 5.95 Å². The van der Waals surface area contributed by atoms with Gasteiger partial charge in [-0.25, -0.2) is 14.6 Å². The van der Waals surface area contributed by atoms with E-state index in [0.717, 1.165) is 54.4 Å². The van der Waals surface area contributed by atoms with Gasteiger partial charge in [-0.2, -0.15) is 5.10 Å². The van der Waals surface area contributed by atoms with E-state index in [1.807, 2.05) is 23.7 Å². The summed E-state index contributed by atoms with van der Waals surface area (Å²) in [6.07, 6.45) is 9.03. The second-order valence-corrected chi connectivity index (χ2v) is 10.6. The van der Waals surface area contributed by atoms with E-state index >= 15 is 0 Å². The van der Waals surface area contributed by atoms with Crippen LogP contribution in [0.2, 0.25) is 0 Å². The average Bonchev–Trinajstić information content (AvgIpc) is 3.58. The summed E-state index contributed by atoms with van der Waals surface area (Å²) in [6.45, 7) is 4.09. The largest absolute Gasteiger partial charge is 0.508 e. The quantitative estimate of drug-likeness (QED) is 0.647. The van der Waals surface area contributed by atoms with E-state index in [9.17, 15) is 10.2 Å². The Morgan fingerprint density at radius 1 is 1.15 bits per heavy atom. The first-order valence-electron chi connectivity index (χ1n) is 12.1. The number of piperidine rings is 1. The minimum absolute atomic E-state index is 0.0766. The fourth-order valence-electron chi connectivity index (χ4n) is 7.00. The summed E-state index contributed by atoms with van der Waals surface area (Å²) in [5, 5.41) is 27.9. The van der Waals surface area contributed by atoms with E-state index in [-0.39, 0.29) is 11.8 Å². The Hall–Kier alpha value is -2.77. The van der Waals surface area contributed by atoms with Crippen LogP contribution in [0.3, 0.4) is 0 Å². The van der Waals surface area contributed by atoms with E-state index in [4.69, 9.17) is 5.10 Å². The van der Waals surface area contributed by atoms with E-state index in [2.05, 4.69) is 20.9 Å². The summed E-state index contributed by atoms with van der Waals surface area (Å²) in [5.74, 6) is 1.62. The molecule has 0 amide bonds. The van der Waals surface area contributed by atoms with Crippen molar-refractivity contribution in [2.24, 2.45) is 5.92 Å². The number of rotatable bonds is 3. The predicted octanol–water partition coefficient (Wildman–Crippen LogP) is 2.48. The number of likely N-dealkylation sites (tertiary alicyclic amines) is 1. The lowest BCUT2D eigenvalue weighted by atomic mass is 9.49. The van der Waals surface area contributed by atoms with Crippen molar-refractivity contribution in [3.63, 3.8) is 0 Å². The number of aromatic nitrogens is 4. The Balaban J connectivity index is 1.43. The maximum atomic E-state index is 12.7. The molecule has 7 nitrogen and oxygen atoms in total. The SMILES string of the molecule is Cc1nn(-c2ncccn2)c2c1C[C@]1(O)C3Cc4ccc(O)cc4[C@]1(CCN3CC1CC1)C2. The molecule has 7 rings (SSSR count). The van der Waals surface area contributed by atoms with E-state index in [1.165, 1.54) is 18.4 Å². The van der Waals surface area contributed by atoms with Crippen molar-refractivity contribution >= 4 is 0 Å². The molecule has 0 radical (unpaired) electrons. The van der Waals surface area contributed by atoms with Crippen molar-refractivity contribution in [1.82, 2.24) is 24.6 Å². The maximum absolute atomic E-state index is 12.7. The normalized spacial score (nSPS) is 30.4. The number of aromatic hydroxyl groups is 1. The Kier molecular flexibility index (Phi) is 3.96. The molecule has 2 aromatic heterocycles. The van der Waals surface area contributed by atoms with Crippen molar-refractivity contribution in [3.05, 3.63) is 64.7 Å². The van der Waals surface area contributed by atoms with Crippen molar-refractivity contribution in [2.75, 3.05) is 13.1 Å². The number of hydrogen-bond acceptors (Lipinski definition) is 6. The summed E-state index contributed by atoms with van der Waals surface area (Å²) < 4.78 is 1.88. The standard InChI is InChI=1S/C26H29N5O2/c1-16-20-13-26(33)23-11-18-5-6-19(32)12-21(18)25(26,7-10-30(23)15-17-3-4-17)14-22(20)31(29-16)24-27-8-2-9-28-24/h2,5-6,8-9,12,17,23,32-33H,3-4,7,10-11,13-15H2,1H3/t23?,25-,26-/m0/s1. The first kappa shape index (κ1) is 19.7. The Bertz CT molecular complexity index is 1250. The molecule has 170 valence electrons. The number of nitrogens with zero attached hydrogens (tertiary/aromatic N) is 5.